The van der Waals surface area contributed by atoms with E-state index < -0.39 is 9.84 Å². The van der Waals surface area contributed by atoms with Gasteiger partial charge in [0.05, 0.1) is 18.1 Å². The summed E-state index contributed by atoms with van der Waals surface area (Å²) in [6.07, 6.45) is 0.434. The summed E-state index contributed by atoms with van der Waals surface area (Å²) in [5.41, 5.74) is 0.467. The van der Waals surface area contributed by atoms with E-state index >= 15 is 0 Å². The zero-order chi connectivity index (χ0) is 17.3. The van der Waals surface area contributed by atoms with Crippen LogP contribution in [-0.2, 0) is 16.4 Å². The van der Waals surface area contributed by atoms with E-state index in [2.05, 4.69) is 15.9 Å². The van der Waals surface area contributed by atoms with Gasteiger partial charge in [-0.25, -0.2) is 8.42 Å². The van der Waals surface area contributed by atoms with Gasteiger partial charge in [0.25, 0.3) is 5.91 Å². The minimum atomic E-state index is -3.10. The fourth-order valence-electron chi connectivity index (χ4n) is 2.75. The molecule has 0 unspecified atom stereocenters. The van der Waals surface area contributed by atoms with Crippen LogP contribution in [-0.4, -0.2) is 36.8 Å². The van der Waals surface area contributed by atoms with Gasteiger partial charge in [0.15, 0.2) is 14.5 Å². The molecule has 1 aromatic heterocycles. The van der Waals surface area contributed by atoms with Crippen molar-refractivity contribution in [1.29, 1.82) is 0 Å². The lowest BCUT2D eigenvalue weighted by Crippen LogP contribution is -2.40. The van der Waals surface area contributed by atoms with Gasteiger partial charge in [0.1, 0.15) is 5.76 Å². The quantitative estimate of drug-likeness (QED) is 0.741. The first-order chi connectivity index (χ1) is 11.3. The number of furan rings is 1. The largest absolute Gasteiger partial charge is 0.452 e. The first-order valence-corrected chi connectivity index (χ1v) is 10.3. The summed E-state index contributed by atoms with van der Waals surface area (Å²) in [5, 5.41) is 0.538. The highest BCUT2D eigenvalue weighted by Crippen LogP contribution is 2.24. The maximum absolute atomic E-state index is 12.9. The second-order valence-corrected chi connectivity index (χ2v) is 9.15. The Balaban J connectivity index is 1.88. The zero-order valence-corrected chi connectivity index (χ0v) is 15.8. The average molecular weight is 433 g/mol. The van der Waals surface area contributed by atoms with Crippen LogP contribution >= 0.6 is 27.5 Å². The van der Waals surface area contributed by atoms with E-state index in [-0.39, 0.29) is 30.0 Å². The van der Waals surface area contributed by atoms with Gasteiger partial charge in [-0.05, 0) is 58.7 Å². The van der Waals surface area contributed by atoms with Crippen molar-refractivity contribution < 1.29 is 17.6 Å². The second kappa shape index (κ2) is 6.90. The van der Waals surface area contributed by atoms with Crippen LogP contribution in [0.3, 0.4) is 0 Å². The molecule has 1 aliphatic heterocycles. The molecule has 5 nitrogen and oxygen atoms in total. The van der Waals surface area contributed by atoms with Gasteiger partial charge in [-0.1, -0.05) is 11.6 Å². The molecule has 0 saturated carbocycles. The highest BCUT2D eigenvalue weighted by Gasteiger charge is 2.35. The number of sulfone groups is 1. The van der Waals surface area contributed by atoms with E-state index in [4.69, 9.17) is 16.0 Å². The van der Waals surface area contributed by atoms with Crippen molar-refractivity contribution in [3.8, 4) is 0 Å². The Kier molecular flexibility index (Phi) is 5.03. The molecule has 128 valence electrons. The number of nitrogens with zero attached hydrogens (tertiary/aromatic N) is 1. The molecule has 0 spiro atoms. The Morgan fingerprint density at radius 1 is 1.25 bits per heavy atom. The monoisotopic (exact) mass is 431 g/mol. The predicted octanol–water partition coefficient (Wildman–Crippen LogP) is 3.53. The molecule has 1 aromatic carbocycles. The number of carbonyl (C=O) groups is 1. The molecule has 2 aromatic rings. The highest BCUT2D eigenvalue weighted by atomic mass is 79.9. The van der Waals surface area contributed by atoms with Crippen LogP contribution in [0.4, 0.5) is 0 Å². The summed E-state index contributed by atoms with van der Waals surface area (Å²) in [5.74, 6) is 0.438. The van der Waals surface area contributed by atoms with Crippen molar-refractivity contribution in [2.45, 2.75) is 19.0 Å². The van der Waals surface area contributed by atoms with E-state index in [1.54, 1.807) is 41.3 Å². The molecule has 0 N–H and O–H groups in total. The van der Waals surface area contributed by atoms with Crippen molar-refractivity contribution >= 4 is 43.3 Å². The maximum Gasteiger partial charge on any atom is 0.254 e. The zero-order valence-electron chi connectivity index (χ0n) is 12.6. The molecule has 0 radical (unpaired) electrons. The Bertz CT molecular complexity index is 847. The molecular formula is C16H15BrClNO4S. The van der Waals surface area contributed by atoms with Gasteiger partial charge in [-0.15, -0.1) is 0 Å². The summed E-state index contributed by atoms with van der Waals surface area (Å²) in [6, 6.07) is 9.70. The fourth-order valence-corrected chi connectivity index (χ4v) is 4.95. The van der Waals surface area contributed by atoms with Gasteiger partial charge in [0, 0.05) is 16.6 Å². The third kappa shape index (κ3) is 4.02. The van der Waals surface area contributed by atoms with Crippen LogP contribution in [0.5, 0.6) is 0 Å². The summed E-state index contributed by atoms with van der Waals surface area (Å²) < 4.78 is 29.7. The molecule has 1 fully saturated rings. The fraction of sp³-hybridized carbons (Fsp3) is 0.312. The van der Waals surface area contributed by atoms with Gasteiger partial charge in [-0.2, -0.15) is 0 Å². The van der Waals surface area contributed by atoms with Crippen molar-refractivity contribution in [1.82, 2.24) is 4.90 Å². The molecule has 0 bridgehead atoms. The number of halogens is 2. The average Bonchev–Trinajstić information content (AvgIpc) is 3.10. The van der Waals surface area contributed by atoms with E-state index in [0.29, 0.717) is 27.4 Å². The van der Waals surface area contributed by atoms with E-state index in [1.807, 2.05) is 0 Å². The Labute approximate surface area is 153 Å². The number of amides is 1. The minimum Gasteiger partial charge on any atom is -0.452 e. The highest BCUT2D eigenvalue weighted by molar-refractivity contribution is 9.10. The van der Waals surface area contributed by atoms with Crippen LogP contribution in [0.1, 0.15) is 22.5 Å². The molecule has 0 aliphatic carbocycles. The Morgan fingerprint density at radius 3 is 2.50 bits per heavy atom. The maximum atomic E-state index is 12.9. The van der Waals surface area contributed by atoms with Crippen molar-refractivity contribution in [2.75, 3.05) is 11.5 Å². The third-order valence-electron chi connectivity index (χ3n) is 3.96. The summed E-state index contributed by atoms with van der Waals surface area (Å²) in [6.45, 7) is 0.216. The molecule has 1 atom stereocenters. The van der Waals surface area contributed by atoms with Crippen LogP contribution in [0, 0.1) is 0 Å². The van der Waals surface area contributed by atoms with Crippen LogP contribution in [0.2, 0.25) is 5.02 Å². The van der Waals surface area contributed by atoms with Gasteiger partial charge >= 0.3 is 0 Å². The number of rotatable bonds is 4. The van der Waals surface area contributed by atoms with Crippen molar-refractivity contribution in [3.05, 3.63) is 57.4 Å². The summed E-state index contributed by atoms with van der Waals surface area (Å²) in [4.78, 5) is 14.5. The molecule has 2 heterocycles. The lowest BCUT2D eigenvalue weighted by Gasteiger charge is -2.27. The molecule has 1 aliphatic rings. The number of carbonyl (C=O) groups excluding carboxylic acids is 1. The molecule has 8 heteroatoms. The lowest BCUT2D eigenvalue weighted by atomic mass is 10.1. The SMILES string of the molecule is O=C(c1ccc(Cl)cc1)N(Cc1ccc(Br)o1)[C@H]1CCS(=O)(=O)C1. The van der Waals surface area contributed by atoms with E-state index in [9.17, 15) is 13.2 Å². The predicted molar refractivity (Wildman–Crippen MR) is 94.8 cm³/mol. The number of hydrogen-bond acceptors (Lipinski definition) is 4. The van der Waals surface area contributed by atoms with Crippen molar-refractivity contribution in [3.63, 3.8) is 0 Å². The first kappa shape index (κ1) is 17.5. The van der Waals surface area contributed by atoms with E-state index in [1.165, 1.54) is 0 Å². The third-order valence-corrected chi connectivity index (χ3v) is 6.38. The van der Waals surface area contributed by atoms with Gasteiger partial charge < -0.3 is 9.32 Å². The molecular weight excluding hydrogens is 418 g/mol. The van der Waals surface area contributed by atoms with Crippen LogP contribution in [0.15, 0.2) is 45.5 Å². The molecule has 1 amide bonds. The van der Waals surface area contributed by atoms with Gasteiger partial charge in [0.2, 0.25) is 0 Å². The molecule has 1 saturated heterocycles. The number of benzene rings is 1. The summed E-state index contributed by atoms with van der Waals surface area (Å²) >= 11 is 9.10. The first-order valence-electron chi connectivity index (χ1n) is 7.35. The minimum absolute atomic E-state index is 0.0196. The Hall–Kier alpha value is -1.31. The van der Waals surface area contributed by atoms with Crippen molar-refractivity contribution in [2.24, 2.45) is 0 Å². The normalized spacial score (nSPS) is 19.3. The number of hydrogen-bond donors (Lipinski definition) is 0. The Morgan fingerprint density at radius 2 is 1.96 bits per heavy atom. The standard InChI is InChI=1S/C16H15BrClNO4S/c17-15-6-5-14(23-15)9-19(13-7-8-24(21,22)10-13)16(20)11-1-3-12(18)4-2-11/h1-6,13H,7-10H2/t13-/m0/s1. The topological polar surface area (TPSA) is 67.6 Å². The van der Waals surface area contributed by atoms with Crippen LogP contribution in [0.25, 0.3) is 0 Å². The molecule has 24 heavy (non-hydrogen) atoms. The summed E-state index contributed by atoms with van der Waals surface area (Å²) in [7, 11) is -3.10. The lowest BCUT2D eigenvalue weighted by molar-refractivity contribution is 0.0665. The second-order valence-electron chi connectivity index (χ2n) is 5.70. The van der Waals surface area contributed by atoms with Gasteiger partial charge in [-0.3, -0.25) is 4.79 Å². The van der Waals surface area contributed by atoms with E-state index in [0.717, 1.165) is 0 Å². The van der Waals surface area contributed by atoms with Crippen LogP contribution < -0.4 is 0 Å². The molecule has 3 rings (SSSR count). The smallest absolute Gasteiger partial charge is 0.254 e.